The maximum Gasteiger partial charge on any atom is 0.231 e. The third kappa shape index (κ3) is 4.14. The van der Waals surface area contributed by atoms with Gasteiger partial charge in [0.1, 0.15) is 0 Å². The second kappa shape index (κ2) is 9.50. The van der Waals surface area contributed by atoms with Crippen LogP contribution < -0.4 is 25.0 Å². The molecular formula is C29H27N5O3S. The Hall–Kier alpha value is -4.37. The maximum absolute atomic E-state index is 11.5. The number of aromatic nitrogens is 2. The van der Waals surface area contributed by atoms with Crippen LogP contribution in [0.3, 0.4) is 0 Å². The first-order chi connectivity index (χ1) is 18.4. The fourth-order valence-corrected chi connectivity index (χ4v) is 5.71. The van der Waals surface area contributed by atoms with Crippen LogP contribution in [0.25, 0.3) is 5.69 Å². The van der Waals surface area contributed by atoms with E-state index in [2.05, 4.69) is 45.0 Å². The van der Waals surface area contributed by atoms with Gasteiger partial charge in [0, 0.05) is 47.6 Å². The molecule has 1 saturated heterocycles. The van der Waals surface area contributed by atoms with E-state index < -0.39 is 0 Å². The molecule has 2 aromatic carbocycles. The summed E-state index contributed by atoms with van der Waals surface area (Å²) in [7, 11) is 0. The molecule has 0 aliphatic carbocycles. The smallest absolute Gasteiger partial charge is 0.231 e. The van der Waals surface area contributed by atoms with E-state index in [0.717, 1.165) is 51.2 Å². The molecule has 8 nitrogen and oxygen atoms in total. The number of pyridine rings is 1. The number of nitrogens with one attached hydrogen (secondary N) is 2. The van der Waals surface area contributed by atoms with Gasteiger partial charge in [-0.1, -0.05) is 6.07 Å². The summed E-state index contributed by atoms with van der Waals surface area (Å²) in [6, 6.07) is 21.6. The minimum absolute atomic E-state index is 0.111. The first-order valence-corrected chi connectivity index (χ1v) is 12.8. The van der Waals surface area contributed by atoms with E-state index in [4.69, 9.17) is 21.7 Å². The highest BCUT2D eigenvalue weighted by molar-refractivity contribution is 7.80. The number of rotatable bonds is 5. The molecule has 0 bridgehead atoms. The van der Waals surface area contributed by atoms with Gasteiger partial charge in [-0.05, 0) is 86.2 Å². The number of fused-ring (bicyclic) bond motifs is 1. The largest absolute Gasteiger partial charge is 0.454 e. The summed E-state index contributed by atoms with van der Waals surface area (Å²) in [5.74, 6) is 1.39. The number of benzene rings is 2. The van der Waals surface area contributed by atoms with E-state index in [0.29, 0.717) is 5.11 Å². The molecule has 6 rings (SSSR count). The number of amides is 1. The second-order valence-electron chi connectivity index (χ2n) is 9.42. The molecule has 1 fully saturated rings. The van der Waals surface area contributed by atoms with Crippen molar-refractivity contribution in [2.24, 2.45) is 0 Å². The second-order valence-corrected chi connectivity index (χ2v) is 9.81. The topological polar surface area (TPSA) is 80.7 Å². The highest BCUT2D eigenvalue weighted by Crippen LogP contribution is 2.44. The van der Waals surface area contributed by atoms with Crippen molar-refractivity contribution in [2.75, 3.05) is 17.0 Å². The summed E-state index contributed by atoms with van der Waals surface area (Å²) >= 11 is 5.89. The standard InChI is InChI=1S/C29H27N5O3S/c1-17-14-23(18(2)33(17)22-11-12-25-26(15-22)37-16-36-25)28-27(24-6-4-5-13-30-24)32-29(38)34(28)21-9-7-20(8-10-21)31-19(3)35/h4-15,27-28H,16H2,1-3H3,(H,31,35)(H,32,38)/t27-,28+/m1/s1. The Morgan fingerprint density at radius 3 is 2.53 bits per heavy atom. The van der Waals surface area contributed by atoms with Gasteiger partial charge >= 0.3 is 0 Å². The molecule has 4 aromatic rings. The van der Waals surface area contributed by atoms with E-state index in [1.54, 1.807) is 6.20 Å². The average Bonchev–Trinajstić information content (AvgIpc) is 3.59. The molecule has 9 heteroatoms. The average molecular weight is 526 g/mol. The highest BCUT2D eigenvalue weighted by Gasteiger charge is 2.42. The lowest BCUT2D eigenvalue weighted by atomic mass is 9.96. The number of ether oxygens (including phenoxy) is 2. The third-order valence-electron chi connectivity index (χ3n) is 6.97. The molecule has 38 heavy (non-hydrogen) atoms. The van der Waals surface area contributed by atoms with Crippen LogP contribution in [0, 0.1) is 13.8 Å². The van der Waals surface area contributed by atoms with Crippen molar-refractivity contribution in [1.29, 1.82) is 0 Å². The number of carbonyl (C=O) groups excluding carboxylic acids is 1. The summed E-state index contributed by atoms with van der Waals surface area (Å²) < 4.78 is 13.4. The normalized spacial score (nSPS) is 18.0. The van der Waals surface area contributed by atoms with Gasteiger partial charge in [0.05, 0.1) is 17.8 Å². The molecule has 0 unspecified atom stereocenters. The summed E-state index contributed by atoms with van der Waals surface area (Å²) in [4.78, 5) is 18.3. The minimum Gasteiger partial charge on any atom is -0.454 e. The van der Waals surface area contributed by atoms with Crippen LogP contribution in [0.4, 0.5) is 11.4 Å². The van der Waals surface area contributed by atoms with Crippen molar-refractivity contribution < 1.29 is 14.3 Å². The predicted octanol–water partition coefficient (Wildman–Crippen LogP) is 5.35. The Bertz CT molecular complexity index is 1530. The van der Waals surface area contributed by atoms with Crippen LogP contribution in [0.2, 0.25) is 0 Å². The van der Waals surface area contributed by atoms with Crippen molar-refractivity contribution in [3.8, 4) is 17.2 Å². The van der Waals surface area contributed by atoms with Gasteiger partial charge in [-0.3, -0.25) is 9.78 Å². The fourth-order valence-electron chi connectivity index (χ4n) is 5.37. The Morgan fingerprint density at radius 2 is 1.79 bits per heavy atom. The predicted molar refractivity (Wildman–Crippen MR) is 150 cm³/mol. The third-order valence-corrected chi connectivity index (χ3v) is 7.28. The van der Waals surface area contributed by atoms with Gasteiger partial charge in [0.25, 0.3) is 0 Å². The van der Waals surface area contributed by atoms with Crippen molar-refractivity contribution in [3.05, 3.63) is 95.6 Å². The maximum atomic E-state index is 11.5. The molecule has 4 heterocycles. The number of thiocarbonyl (C=S) groups is 1. The zero-order valence-corrected chi connectivity index (χ0v) is 22.1. The number of nitrogens with zero attached hydrogens (tertiary/aromatic N) is 3. The van der Waals surface area contributed by atoms with E-state index in [1.807, 2.05) is 60.7 Å². The molecule has 2 aliphatic heterocycles. The Balaban J connectivity index is 1.46. The molecule has 0 radical (unpaired) electrons. The van der Waals surface area contributed by atoms with Crippen molar-refractivity contribution in [1.82, 2.24) is 14.9 Å². The van der Waals surface area contributed by atoms with E-state index in [9.17, 15) is 4.79 Å². The number of aryl methyl sites for hydroxylation is 1. The first kappa shape index (κ1) is 24.0. The lowest BCUT2D eigenvalue weighted by Gasteiger charge is -2.28. The summed E-state index contributed by atoms with van der Waals surface area (Å²) in [5, 5.41) is 6.97. The molecule has 0 spiro atoms. The lowest BCUT2D eigenvalue weighted by Crippen LogP contribution is -2.29. The summed E-state index contributed by atoms with van der Waals surface area (Å²) in [5.41, 5.74) is 6.89. The summed E-state index contributed by atoms with van der Waals surface area (Å²) in [6.07, 6.45) is 1.80. The Morgan fingerprint density at radius 1 is 1.03 bits per heavy atom. The molecular weight excluding hydrogens is 498 g/mol. The van der Waals surface area contributed by atoms with Gasteiger partial charge in [0.15, 0.2) is 16.6 Å². The zero-order valence-electron chi connectivity index (χ0n) is 21.3. The highest BCUT2D eigenvalue weighted by atomic mass is 32.1. The molecule has 2 aromatic heterocycles. The van der Waals surface area contributed by atoms with E-state index >= 15 is 0 Å². The van der Waals surface area contributed by atoms with Gasteiger partial charge in [0.2, 0.25) is 12.7 Å². The molecule has 2 aliphatic rings. The SMILES string of the molecule is CC(=O)Nc1ccc(N2C(=S)N[C@H](c3ccccn3)[C@@H]2c2cc(C)n(-c3ccc4c(c3)OCO4)c2C)cc1. The van der Waals surface area contributed by atoms with Crippen LogP contribution in [0.1, 0.15) is 41.7 Å². The first-order valence-electron chi connectivity index (χ1n) is 12.4. The van der Waals surface area contributed by atoms with Crippen LogP contribution in [-0.4, -0.2) is 27.4 Å². The molecule has 1 amide bonds. The van der Waals surface area contributed by atoms with Crippen molar-refractivity contribution in [2.45, 2.75) is 32.9 Å². The number of carbonyl (C=O) groups is 1. The Labute approximate surface area is 226 Å². The molecule has 0 saturated carbocycles. The molecule has 192 valence electrons. The van der Waals surface area contributed by atoms with Gasteiger partial charge in [-0.25, -0.2) is 0 Å². The van der Waals surface area contributed by atoms with Crippen LogP contribution in [0.15, 0.2) is 72.9 Å². The van der Waals surface area contributed by atoms with E-state index in [1.165, 1.54) is 6.92 Å². The Kier molecular flexibility index (Phi) is 6.00. The molecule has 2 atom stereocenters. The van der Waals surface area contributed by atoms with Crippen LogP contribution in [-0.2, 0) is 4.79 Å². The number of anilines is 2. The fraction of sp³-hybridized carbons (Fsp3) is 0.207. The van der Waals surface area contributed by atoms with E-state index in [-0.39, 0.29) is 24.8 Å². The summed E-state index contributed by atoms with van der Waals surface area (Å²) in [6.45, 7) is 5.96. The van der Waals surface area contributed by atoms with Crippen LogP contribution >= 0.6 is 12.2 Å². The van der Waals surface area contributed by atoms with Gasteiger partial charge in [-0.15, -0.1) is 0 Å². The zero-order chi connectivity index (χ0) is 26.4. The van der Waals surface area contributed by atoms with Crippen molar-refractivity contribution in [3.63, 3.8) is 0 Å². The monoisotopic (exact) mass is 525 g/mol. The van der Waals surface area contributed by atoms with Crippen molar-refractivity contribution >= 4 is 34.6 Å². The quantitative estimate of drug-likeness (QED) is 0.340. The molecule has 2 N–H and O–H groups in total. The van der Waals surface area contributed by atoms with Gasteiger partial charge in [-0.2, -0.15) is 0 Å². The minimum atomic E-state index is -0.163. The number of hydrogen-bond donors (Lipinski definition) is 2. The van der Waals surface area contributed by atoms with Crippen LogP contribution in [0.5, 0.6) is 11.5 Å². The van der Waals surface area contributed by atoms with Gasteiger partial charge < -0.3 is 29.6 Å². The number of hydrogen-bond acceptors (Lipinski definition) is 5. The lowest BCUT2D eigenvalue weighted by molar-refractivity contribution is -0.114.